The molecule has 0 atom stereocenters. The molecule has 0 bridgehead atoms. The molecular formula is C9H14O. The van der Waals surface area contributed by atoms with Gasteiger partial charge >= 0.3 is 0 Å². The second-order valence-electron chi connectivity index (χ2n) is 4.03. The van der Waals surface area contributed by atoms with Gasteiger partial charge in [0.25, 0.3) is 0 Å². The van der Waals surface area contributed by atoms with Gasteiger partial charge < -0.3 is 4.74 Å². The molecule has 1 saturated carbocycles. The molecule has 0 aromatic carbocycles. The van der Waals surface area contributed by atoms with Gasteiger partial charge in [-0.3, -0.25) is 0 Å². The monoisotopic (exact) mass is 138 g/mol. The summed E-state index contributed by atoms with van der Waals surface area (Å²) in [5.41, 5.74) is 1.64. The number of hydrogen-bond acceptors (Lipinski definition) is 1. The fraction of sp³-hybridized carbons (Fsp3) is 0.778. The van der Waals surface area contributed by atoms with Crippen LogP contribution in [0.1, 0.15) is 33.6 Å². The van der Waals surface area contributed by atoms with Gasteiger partial charge in [-0.25, -0.2) is 0 Å². The molecule has 2 aliphatic rings. The standard InChI is InChI=1S/C9H14O/c1-7-6-8(2,3)10-9(7)4-5-9/h6H,4-5H2,1-3H3. The Balaban J connectivity index is 2.29. The Kier molecular flexibility index (Phi) is 0.946. The van der Waals surface area contributed by atoms with E-state index in [1.54, 1.807) is 0 Å². The first-order chi connectivity index (χ1) is 4.54. The molecule has 0 unspecified atom stereocenters. The summed E-state index contributed by atoms with van der Waals surface area (Å²) < 4.78 is 5.87. The van der Waals surface area contributed by atoms with Crippen molar-refractivity contribution in [2.75, 3.05) is 0 Å². The first kappa shape index (κ1) is 6.41. The number of hydrogen-bond donors (Lipinski definition) is 0. The Morgan fingerprint density at radius 1 is 1.40 bits per heavy atom. The quantitative estimate of drug-likeness (QED) is 0.466. The molecule has 0 aromatic rings. The molecule has 56 valence electrons. The lowest BCUT2D eigenvalue weighted by atomic mass is 10.1. The minimum absolute atomic E-state index is 0.000579. The minimum Gasteiger partial charge on any atom is -0.361 e. The van der Waals surface area contributed by atoms with Crippen molar-refractivity contribution in [1.29, 1.82) is 0 Å². The maximum absolute atomic E-state index is 5.87. The van der Waals surface area contributed by atoms with Crippen LogP contribution in [0, 0.1) is 0 Å². The molecule has 0 amide bonds. The summed E-state index contributed by atoms with van der Waals surface area (Å²) in [6.45, 7) is 6.44. The Bertz CT molecular complexity index is 197. The third-order valence-corrected chi connectivity index (χ3v) is 2.45. The van der Waals surface area contributed by atoms with E-state index in [2.05, 4.69) is 26.8 Å². The smallest absolute Gasteiger partial charge is 0.0903 e. The molecule has 1 heterocycles. The average Bonchev–Trinajstić information content (AvgIpc) is 2.40. The molecule has 1 nitrogen and oxygen atoms in total. The van der Waals surface area contributed by atoms with Gasteiger partial charge in [0.05, 0.1) is 11.2 Å². The lowest BCUT2D eigenvalue weighted by molar-refractivity contribution is -0.0163. The molecule has 0 aromatic heterocycles. The Hall–Kier alpha value is -0.300. The van der Waals surface area contributed by atoms with E-state index in [1.165, 1.54) is 18.4 Å². The highest BCUT2D eigenvalue weighted by molar-refractivity contribution is 5.31. The first-order valence-corrected chi connectivity index (χ1v) is 3.94. The van der Waals surface area contributed by atoms with Crippen molar-refractivity contribution >= 4 is 0 Å². The lowest BCUT2D eigenvalue weighted by Crippen LogP contribution is -2.22. The highest BCUT2D eigenvalue weighted by Crippen LogP contribution is 2.52. The summed E-state index contributed by atoms with van der Waals surface area (Å²) in [5, 5.41) is 0. The van der Waals surface area contributed by atoms with Crippen molar-refractivity contribution in [3.8, 4) is 0 Å². The molecule has 2 rings (SSSR count). The van der Waals surface area contributed by atoms with Gasteiger partial charge in [0, 0.05) is 0 Å². The van der Waals surface area contributed by atoms with Gasteiger partial charge in [-0.2, -0.15) is 0 Å². The van der Waals surface area contributed by atoms with Crippen LogP contribution < -0.4 is 0 Å². The maximum atomic E-state index is 5.87. The molecular weight excluding hydrogens is 124 g/mol. The molecule has 0 N–H and O–H groups in total. The van der Waals surface area contributed by atoms with Gasteiger partial charge in [0.1, 0.15) is 0 Å². The Morgan fingerprint density at radius 2 is 2.00 bits per heavy atom. The molecule has 1 spiro atoms. The van der Waals surface area contributed by atoms with Crippen molar-refractivity contribution in [1.82, 2.24) is 0 Å². The van der Waals surface area contributed by atoms with E-state index in [0.29, 0.717) is 0 Å². The summed E-state index contributed by atoms with van der Waals surface area (Å²) in [4.78, 5) is 0. The van der Waals surface area contributed by atoms with Crippen molar-refractivity contribution < 1.29 is 4.74 Å². The third kappa shape index (κ3) is 0.734. The fourth-order valence-electron chi connectivity index (χ4n) is 1.88. The SMILES string of the molecule is CC1=CC(C)(C)OC12CC2. The summed E-state index contributed by atoms with van der Waals surface area (Å²) in [7, 11) is 0. The molecule has 1 fully saturated rings. The summed E-state index contributed by atoms with van der Waals surface area (Å²) in [6, 6.07) is 0. The van der Waals surface area contributed by atoms with E-state index in [4.69, 9.17) is 4.74 Å². The summed E-state index contributed by atoms with van der Waals surface area (Å²) >= 11 is 0. The van der Waals surface area contributed by atoms with E-state index >= 15 is 0 Å². The highest BCUT2D eigenvalue weighted by Gasteiger charge is 2.52. The van der Waals surface area contributed by atoms with Crippen LogP contribution in [-0.4, -0.2) is 11.2 Å². The van der Waals surface area contributed by atoms with Crippen LogP contribution in [-0.2, 0) is 4.74 Å². The molecule has 0 radical (unpaired) electrons. The summed E-state index contributed by atoms with van der Waals surface area (Å²) in [5.74, 6) is 0. The van der Waals surface area contributed by atoms with Crippen molar-refractivity contribution in [3.63, 3.8) is 0 Å². The van der Waals surface area contributed by atoms with Gasteiger partial charge in [-0.1, -0.05) is 6.08 Å². The number of ether oxygens (including phenoxy) is 1. The minimum atomic E-state index is 0.000579. The van der Waals surface area contributed by atoms with Gasteiger partial charge in [-0.05, 0) is 39.2 Å². The van der Waals surface area contributed by atoms with Gasteiger partial charge in [0.2, 0.25) is 0 Å². The maximum Gasteiger partial charge on any atom is 0.0903 e. The van der Waals surface area contributed by atoms with Crippen LogP contribution in [0.15, 0.2) is 11.6 Å². The summed E-state index contributed by atoms with van der Waals surface area (Å²) in [6.07, 6.45) is 4.72. The normalized spacial score (nSPS) is 32.5. The van der Waals surface area contributed by atoms with Crippen molar-refractivity contribution in [2.24, 2.45) is 0 Å². The molecule has 1 heteroatoms. The molecule has 0 saturated heterocycles. The predicted molar refractivity (Wildman–Crippen MR) is 40.9 cm³/mol. The van der Waals surface area contributed by atoms with Crippen LogP contribution in [0.2, 0.25) is 0 Å². The highest BCUT2D eigenvalue weighted by atomic mass is 16.5. The van der Waals surface area contributed by atoms with Crippen LogP contribution in [0.4, 0.5) is 0 Å². The zero-order valence-corrected chi connectivity index (χ0v) is 6.90. The van der Waals surface area contributed by atoms with E-state index in [-0.39, 0.29) is 11.2 Å². The molecule has 1 aliphatic heterocycles. The van der Waals surface area contributed by atoms with Crippen LogP contribution in [0.25, 0.3) is 0 Å². The Labute approximate surface area is 62.1 Å². The number of rotatable bonds is 0. The van der Waals surface area contributed by atoms with Crippen LogP contribution >= 0.6 is 0 Å². The topological polar surface area (TPSA) is 9.23 Å². The molecule has 1 aliphatic carbocycles. The van der Waals surface area contributed by atoms with E-state index < -0.39 is 0 Å². The second kappa shape index (κ2) is 1.48. The average molecular weight is 138 g/mol. The van der Waals surface area contributed by atoms with Crippen molar-refractivity contribution in [2.45, 2.75) is 44.8 Å². The van der Waals surface area contributed by atoms with Gasteiger partial charge in [-0.15, -0.1) is 0 Å². The van der Waals surface area contributed by atoms with E-state index in [9.17, 15) is 0 Å². The largest absolute Gasteiger partial charge is 0.361 e. The van der Waals surface area contributed by atoms with Crippen molar-refractivity contribution in [3.05, 3.63) is 11.6 Å². The van der Waals surface area contributed by atoms with Crippen LogP contribution in [0.3, 0.4) is 0 Å². The van der Waals surface area contributed by atoms with E-state index in [0.717, 1.165) is 0 Å². The van der Waals surface area contributed by atoms with Gasteiger partial charge in [0.15, 0.2) is 0 Å². The Morgan fingerprint density at radius 3 is 2.20 bits per heavy atom. The zero-order chi connectivity index (χ0) is 7.41. The third-order valence-electron chi connectivity index (χ3n) is 2.45. The molecule has 10 heavy (non-hydrogen) atoms. The first-order valence-electron chi connectivity index (χ1n) is 3.94. The zero-order valence-electron chi connectivity index (χ0n) is 6.90. The fourth-order valence-corrected chi connectivity index (χ4v) is 1.88. The second-order valence-corrected chi connectivity index (χ2v) is 4.03. The lowest BCUT2D eigenvalue weighted by Gasteiger charge is -2.19. The van der Waals surface area contributed by atoms with Crippen LogP contribution in [0.5, 0.6) is 0 Å². The predicted octanol–water partition coefficient (Wildman–Crippen LogP) is 2.27. The van der Waals surface area contributed by atoms with E-state index in [1.807, 2.05) is 0 Å².